The normalized spacial score (nSPS) is 12.1. The zero-order valence-corrected chi connectivity index (χ0v) is 14.0. The molecule has 7 nitrogen and oxygen atoms in total. The van der Waals surface area contributed by atoms with Crippen molar-refractivity contribution in [3.05, 3.63) is 56.9 Å². The van der Waals surface area contributed by atoms with Crippen molar-refractivity contribution in [1.82, 2.24) is 20.0 Å². The van der Waals surface area contributed by atoms with Gasteiger partial charge in [0.2, 0.25) is 5.91 Å². The Labute approximate surface area is 141 Å². The third kappa shape index (κ3) is 3.28. The fraction of sp³-hybridized carbons (Fsp3) is 0.250. The van der Waals surface area contributed by atoms with Crippen LogP contribution in [-0.2, 0) is 11.3 Å². The summed E-state index contributed by atoms with van der Waals surface area (Å²) in [7, 11) is 0. The van der Waals surface area contributed by atoms with E-state index < -0.39 is 6.04 Å². The average Bonchev–Trinajstić information content (AvgIpc) is 3.24. The van der Waals surface area contributed by atoms with Crippen molar-refractivity contribution in [1.29, 1.82) is 0 Å². The van der Waals surface area contributed by atoms with Gasteiger partial charge in [0, 0.05) is 11.1 Å². The van der Waals surface area contributed by atoms with Gasteiger partial charge < -0.3 is 14.4 Å². The first-order chi connectivity index (χ1) is 11.6. The highest BCUT2D eigenvalue weighted by Gasteiger charge is 2.19. The molecule has 0 aliphatic heterocycles. The predicted molar refractivity (Wildman–Crippen MR) is 89.6 cm³/mol. The first-order valence-corrected chi connectivity index (χ1v) is 8.26. The van der Waals surface area contributed by atoms with Crippen LogP contribution in [0.15, 0.2) is 45.2 Å². The second-order valence-corrected chi connectivity index (χ2v) is 6.29. The quantitative estimate of drug-likeness (QED) is 0.766. The third-order valence-corrected chi connectivity index (χ3v) is 4.42. The first kappa shape index (κ1) is 16.1. The van der Waals surface area contributed by atoms with Crippen molar-refractivity contribution in [2.24, 2.45) is 0 Å². The molecule has 1 amide bonds. The van der Waals surface area contributed by atoms with Crippen LogP contribution < -0.4 is 10.9 Å². The second kappa shape index (κ2) is 6.79. The summed E-state index contributed by atoms with van der Waals surface area (Å²) in [5, 5.41) is 8.47. The van der Waals surface area contributed by atoms with Crippen molar-refractivity contribution < 1.29 is 9.32 Å². The van der Waals surface area contributed by atoms with Crippen molar-refractivity contribution >= 4 is 17.2 Å². The van der Waals surface area contributed by atoms with E-state index in [1.165, 1.54) is 4.57 Å². The number of aryl methyl sites for hydroxylation is 1. The fourth-order valence-electron chi connectivity index (χ4n) is 2.25. The third-order valence-electron chi connectivity index (χ3n) is 3.55. The molecule has 1 N–H and O–H groups in total. The van der Waals surface area contributed by atoms with Crippen molar-refractivity contribution in [3.63, 3.8) is 0 Å². The monoisotopic (exact) mass is 344 g/mol. The van der Waals surface area contributed by atoms with E-state index in [1.54, 1.807) is 43.5 Å². The topological polar surface area (TPSA) is 90.0 Å². The lowest BCUT2D eigenvalue weighted by molar-refractivity contribution is -0.124. The summed E-state index contributed by atoms with van der Waals surface area (Å²) in [6.07, 6.45) is 1.57. The lowest BCUT2D eigenvalue weighted by atomic mass is 10.2. The van der Waals surface area contributed by atoms with E-state index in [4.69, 9.17) is 4.52 Å². The molecule has 1 atom stereocenters. The van der Waals surface area contributed by atoms with Gasteiger partial charge in [0.25, 0.3) is 11.4 Å². The van der Waals surface area contributed by atoms with Crippen LogP contribution >= 0.6 is 11.3 Å². The maximum atomic E-state index is 12.6. The van der Waals surface area contributed by atoms with E-state index in [1.807, 2.05) is 17.5 Å². The molecule has 0 saturated carbocycles. The van der Waals surface area contributed by atoms with Gasteiger partial charge >= 0.3 is 0 Å². The van der Waals surface area contributed by atoms with E-state index in [-0.39, 0.29) is 22.9 Å². The molecule has 0 aliphatic carbocycles. The molecule has 3 aromatic heterocycles. The van der Waals surface area contributed by atoms with E-state index in [2.05, 4.69) is 15.5 Å². The minimum absolute atomic E-state index is 0.151. The summed E-state index contributed by atoms with van der Waals surface area (Å²) in [6.45, 7) is 3.79. The number of thiophene rings is 1. The Kier molecular flexibility index (Phi) is 4.57. The molecular formula is C16H16N4O3S. The maximum absolute atomic E-state index is 12.6. The summed E-state index contributed by atoms with van der Waals surface area (Å²) in [5.41, 5.74) is -0.0732. The van der Waals surface area contributed by atoms with Gasteiger partial charge in [-0.05, 0) is 37.4 Å². The minimum atomic E-state index is -0.651. The predicted octanol–water partition coefficient (Wildman–Crippen LogP) is 2.15. The van der Waals surface area contributed by atoms with Crippen LogP contribution in [0.3, 0.4) is 0 Å². The van der Waals surface area contributed by atoms with Gasteiger partial charge in [-0.3, -0.25) is 9.59 Å². The number of aromatic nitrogens is 3. The number of hydrogen-bond donors (Lipinski definition) is 1. The maximum Gasteiger partial charge on any atom is 0.264 e. The van der Waals surface area contributed by atoms with E-state index in [0.29, 0.717) is 12.4 Å². The fourth-order valence-corrected chi connectivity index (χ4v) is 2.89. The summed E-state index contributed by atoms with van der Waals surface area (Å²) in [6, 6.07) is 6.50. The summed E-state index contributed by atoms with van der Waals surface area (Å²) in [5.74, 6) is 0.365. The average molecular weight is 344 g/mol. The van der Waals surface area contributed by atoms with Gasteiger partial charge in [0.15, 0.2) is 5.82 Å². The van der Waals surface area contributed by atoms with Gasteiger partial charge in [0.05, 0.1) is 6.54 Å². The van der Waals surface area contributed by atoms with Gasteiger partial charge in [0.1, 0.15) is 11.6 Å². The van der Waals surface area contributed by atoms with Crippen molar-refractivity contribution in [3.8, 4) is 11.5 Å². The Balaban J connectivity index is 1.81. The number of rotatable bonds is 5. The highest BCUT2D eigenvalue weighted by Crippen LogP contribution is 2.14. The Morgan fingerprint density at radius 2 is 2.25 bits per heavy atom. The Bertz CT molecular complexity index is 898. The molecule has 0 aromatic carbocycles. The number of nitrogens with zero attached hydrogens (tertiary/aromatic N) is 3. The lowest BCUT2D eigenvalue weighted by Crippen LogP contribution is -2.35. The molecular weight excluding hydrogens is 328 g/mol. The molecule has 0 bridgehead atoms. The first-order valence-electron chi connectivity index (χ1n) is 7.38. The number of pyridine rings is 1. The molecule has 0 saturated heterocycles. The number of nitrogens with one attached hydrogen (secondary N) is 1. The largest absolute Gasteiger partial charge is 0.349 e. The number of hydrogen-bond acceptors (Lipinski definition) is 6. The van der Waals surface area contributed by atoms with E-state index in [9.17, 15) is 9.59 Å². The molecule has 0 fully saturated rings. The molecule has 3 heterocycles. The van der Waals surface area contributed by atoms with Gasteiger partial charge in [-0.25, -0.2) is 0 Å². The number of amides is 1. The smallest absolute Gasteiger partial charge is 0.264 e. The van der Waals surface area contributed by atoms with Crippen LogP contribution in [0.1, 0.15) is 23.7 Å². The van der Waals surface area contributed by atoms with E-state index in [0.717, 1.165) is 4.88 Å². The molecule has 3 rings (SSSR count). The lowest BCUT2D eigenvalue weighted by Gasteiger charge is -2.15. The zero-order chi connectivity index (χ0) is 17.1. The van der Waals surface area contributed by atoms with Crippen LogP contribution in [0.5, 0.6) is 0 Å². The van der Waals surface area contributed by atoms with Crippen LogP contribution in [-0.4, -0.2) is 20.6 Å². The molecule has 0 aliphatic rings. The van der Waals surface area contributed by atoms with Gasteiger partial charge in [-0.2, -0.15) is 4.98 Å². The number of carbonyl (C=O) groups is 1. The van der Waals surface area contributed by atoms with Crippen molar-refractivity contribution in [2.45, 2.75) is 26.4 Å². The van der Waals surface area contributed by atoms with Crippen LogP contribution in [0.2, 0.25) is 0 Å². The summed E-state index contributed by atoms with van der Waals surface area (Å²) in [4.78, 5) is 30.1. The van der Waals surface area contributed by atoms with Crippen LogP contribution in [0.25, 0.3) is 11.5 Å². The SMILES string of the molecule is Cc1noc(-c2cccn([C@@H](C)C(=O)NCc3cccs3)c2=O)n1. The molecule has 0 unspecified atom stereocenters. The summed E-state index contributed by atoms with van der Waals surface area (Å²) < 4.78 is 6.41. The Morgan fingerprint density at radius 3 is 2.92 bits per heavy atom. The summed E-state index contributed by atoms with van der Waals surface area (Å²) >= 11 is 1.57. The molecule has 0 radical (unpaired) electrons. The highest BCUT2D eigenvalue weighted by atomic mass is 32.1. The Morgan fingerprint density at radius 1 is 1.42 bits per heavy atom. The number of carbonyl (C=O) groups excluding carboxylic acids is 1. The van der Waals surface area contributed by atoms with Crippen LogP contribution in [0.4, 0.5) is 0 Å². The van der Waals surface area contributed by atoms with E-state index >= 15 is 0 Å². The molecule has 0 spiro atoms. The van der Waals surface area contributed by atoms with Crippen molar-refractivity contribution in [2.75, 3.05) is 0 Å². The van der Waals surface area contributed by atoms with Gasteiger partial charge in [-0.1, -0.05) is 11.2 Å². The highest BCUT2D eigenvalue weighted by molar-refractivity contribution is 7.09. The Hall–Kier alpha value is -2.74. The van der Waals surface area contributed by atoms with Gasteiger partial charge in [-0.15, -0.1) is 11.3 Å². The molecule has 8 heteroatoms. The standard InChI is InChI=1S/C16H16N4O3S/c1-10(14(21)17-9-12-5-4-8-24-12)20-7-3-6-13(16(20)22)15-18-11(2)19-23-15/h3-8,10H,9H2,1-2H3,(H,17,21)/t10-/m0/s1. The van der Waals surface area contributed by atoms with Crippen LogP contribution in [0, 0.1) is 6.92 Å². The second-order valence-electron chi connectivity index (χ2n) is 5.25. The molecule has 124 valence electrons. The zero-order valence-electron chi connectivity index (χ0n) is 13.2. The minimum Gasteiger partial charge on any atom is -0.349 e. The molecule has 3 aromatic rings. The molecule has 24 heavy (non-hydrogen) atoms.